The number of aliphatic hydroxyl groups is 7. The largest absolute Gasteiger partial charge is 0.457 e. The molecule has 0 aromatic carbocycles. The van der Waals surface area contributed by atoms with Crippen LogP contribution in [0.15, 0.2) is 24.3 Å². The number of hydrogen-bond donors (Lipinski definition) is 7. The molecule has 0 spiro atoms. The topological polar surface area (TPSA) is 214 Å². The molecule has 430 valence electrons. The Bertz CT molecular complexity index is 1300. The molecule has 0 aromatic rings. The van der Waals surface area contributed by atoms with Crippen molar-refractivity contribution < 1.29 is 69.0 Å². The second-order valence-corrected chi connectivity index (χ2v) is 21.2. The molecule has 0 aromatic heterocycles. The van der Waals surface area contributed by atoms with Crippen molar-refractivity contribution in [2.45, 2.75) is 313 Å². The second kappa shape index (κ2) is 46.6. The minimum atomic E-state index is -1.71. The lowest BCUT2D eigenvalue weighted by Crippen LogP contribution is -2.61. The Kier molecular flexibility index (Phi) is 43.1. The summed E-state index contributed by atoms with van der Waals surface area (Å²) in [7, 11) is 0. The quantitative estimate of drug-likeness (QED) is 0.0172. The molecule has 11 unspecified atom stereocenters. The first kappa shape index (κ1) is 67.6. The van der Waals surface area contributed by atoms with Gasteiger partial charge >= 0.3 is 5.97 Å². The summed E-state index contributed by atoms with van der Waals surface area (Å²) in [5.41, 5.74) is 0. The highest BCUT2D eigenvalue weighted by atomic mass is 16.7. The summed E-state index contributed by atoms with van der Waals surface area (Å²) in [6.07, 6.45) is 36.6. The van der Waals surface area contributed by atoms with Crippen molar-refractivity contribution >= 4 is 5.97 Å². The van der Waals surface area contributed by atoms with E-state index in [1.807, 2.05) is 0 Å². The summed E-state index contributed by atoms with van der Waals surface area (Å²) < 4.78 is 34.4. The third kappa shape index (κ3) is 33.4. The van der Waals surface area contributed by atoms with Crippen LogP contribution < -0.4 is 0 Å². The first-order valence-electron chi connectivity index (χ1n) is 29.9. The Morgan fingerprint density at radius 3 is 1.34 bits per heavy atom. The molecule has 0 radical (unpaired) electrons. The maximum atomic E-state index is 13.1. The molecule has 2 aliphatic heterocycles. The molecular formula is C59H110O14. The Morgan fingerprint density at radius 1 is 0.452 bits per heavy atom. The van der Waals surface area contributed by atoms with E-state index in [2.05, 4.69) is 38.2 Å². The zero-order chi connectivity index (χ0) is 53.0. The zero-order valence-corrected chi connectivity index (χ0v) is 46.1. The Labute approximate surface area is 443 Å². The second-order valence-electron chi connectivity index (χ2n) is 21.2. The third-order valence-electron chi connectivity index (χ3n) is 14.5. The van der Waals surface area contributed by atoms with E-state index >= 15 is 0 Å². The van der Waals surface area contributed by atoms with Crippen LogP contribution in [0.1, 0.15) is 245 Å². The van der Waals surface area contributed by atoms with Crippen LogP contribution >= 0.6 is 0 Å². The summed E-state index contributed by atoms with van der Waals surface area (Å²) in [5, 5.41) is 72.4. The lowest BCUT2D eigenvalue weighted by atomic mass is 9.98. The van der Waals surface area contributed by atoms with Crippen molar-refractivity contribution in [1.82, 2.24) is 0 Å². The van der Waals surface area contributed by atoms with Crippen molar-refractivity contribution in [1.29, 1.82) is 0 Å². The molecule has 0 bridgehead atoms. The highest BCUT2D eigenvalue weighted by Crippen LogP contribution is 2.27. The van der Waals surface area contributed by atoms with Crippen LogP contribution in [-0.4, -0.2) is 142 Å². The van der Waals surface area contributed by atoms with Crippen molar-refractivity contribution in [3.8, 4) is 0 Å². The highest BCUT2D eigenvalue weighted by molar-refractivity contribution is 5.69. The first-order chi connectivity index (χ1) is 35.6. The first-order valence-corrected chi connectivity index (χ1v) is 29.9. The molecule has 14 nitrogen and oxygen atoms in total. The minimum absolute atomic E-state index is 0.0648. The molecule has 11 atom stereocenters. The Balaban J connectivity index is 1.70. The van der Waals surface area contributed by atoms with Crippen LogP contribution in [0.4, 0.5) is 0 Å². The van der Waals surface area contributed by atoms with Gasteiger partial charge in [0.25, 0.3) is 0 Å². The Morgan fingerprint density at radius 2 is 0.849 bits per heavy atom. The average molecular weight is 1040 g/mol. The predicted octanol–water partition coefficient (Wildman–Crippen LogP) is 10.8. The third-order valence-corrected chi connectivity index (χ3v) is 14.5. The van der Waals surface area contributed by atoms with Crippen molar-refractivity contribution in [3.63, 3.8) is 0 Å². The fourth-order valence-corrected chi connectivity index (χ4v) is 9.61. The van der Waals surface area contributed by atoms with E-state index in [0.717, 1.165) is 51.4 Å². The fraction of sp³-hybridized carbons (Fsp3) is 0.915. The van der Waals surface area contributed by atoms with Gasteiger partial charge in [-0.1, -0.05) is 218 Å². The monoisotopic (exact) mass is 1040 g/mol. The minimum Gasteiger partial charge on any atom is -0.457 e. The van der Waals surface area contributed by atoms with Crippen LogP contribution in [0.5, 0.6) is 0 Å². The maximum Gasteiger partial charge on any atom is 0.306 e. The van der Waals surface area contributed by atoms with Crippen LogP contribution in [-0.2, 0) is 33.2 Å². The van der Waals surface area contributed by atoms with E-state index in [-0.39, 0.29) is 25.6 Å². The highest BCUT2D eigenvalue weighted by Gasteiger charge is 2.47. The van der Waals surface area contributed by atoms with E-state index in [1.54, 1.807) is 0 Å². The van der Waals surface area contributed by atoms with E-state index < -0.39 is 80.7 Å². The standard InChI is InChI=1S/C59H110O14/c1-3-5-7-9-11-13-15-17-19-21-23-25-27-29-31-33-35-37-39-41-43-68-45-48(71-51(61)42-40-38-36-34-32-30-28-26-24-22-20-18-16-14-12-10-8-6-4-2)46-69-58-57(67)55(65)53(63)50(73-58)47-70-59-56(66)54(64)52(62)49(44-60)72-59/h12,14,18,20,48-50,52-60,62-67H,3-11,13,15-17,19,21-47H2,1-2H3/b14-12-,20-18-. The summed E-state index contributed by atoms with van der Waals surface area (Å²) in [6.45, 7) is 3.71. The lowest BCUT2D eigenvalue weighted by molar-refractivity contribution is -0.332. The van der Waals surface area contributed by atoms with Crippen LogP contribution in [0.25, 0.3) is 0 Å². The number of carbonyl (C=O) groups is 1. The van der Waals surface area contributed by atoms with Gasteiger partial charge in [0.05, 0.1) is 26.4 Å². The van der Waals surface area contributed by atoms with Crippen molar-refractivity contribution in [2.24, 2.45) is 0 Å². The predicted molar refractivity (Wildman–Crippen MR) is 289 cm³/mol. The van der Waals surface area contributed by atoms with Gasteiger partial charge in [0.15, 0.2) is 12.6 Å². The molecule has 0 saturated carbocycles. The van der Waals surface area contributed by atoms with Crippen LogP contribution in [0.2, 0.25) is 0 Å². The molecule has 73 heavy (non-hydrogen) atoms. The number of hydrogen-bond acceptors (Lipinski definition) is 14. The maximum absolute atomic E-state index is 13.1. The molecule has 2 saturated heterocycles. The summed E-state index contributed by atoms with van der Waals surface area (Å²) in [5.74, 6) is -0.376. The zero-order valence-electron chi connectivity index (χ0n) is 46.1. The molecule has 7 N–H and O–H groups in total. The normalized spacial score (nSPS) is 25.1. The number of rotatable bonds is 49. The Hall–Kier alpha value is -1.53. The number of unbranched alkanes of at least 4 members (excludes halogenated alkanes) is 31. The summed E-state index contributed by atoms with van der Waals surface area (Å²) in [4.78, 5) is 13.1. The number of aliphatic hydroxyl groups excluding tert-OH is 7. The van der Waals surface area contributed by atoms with Gasteiger partial charge in [0, 0.05) is 13.0 Å². The van der Waals surface area contributed by atoms with Crippen LogP contribution in [0.3, 0.4) is 0 Å². The number of esters is 1. The van der Waals surface area contributed by atoms with Gasteiger partial charge in [0.1, 0.15) is 54.9 Å². The summed E-state index contributed by atoms with van der Waals surface area (Å²) in [6, 6.07) is 0. The van der Waals surface area contributed by atoms with Crippen molar-refractivity contribution in [2.75, 3.05) is 33.0 Å². The van der Waals surface area contributed by atoms with Gasteiger partial charge in [-0.05, 0) is 44.9 Å². The van der Waals surface area contributed by atoms with E-state index in [9.17, 15) is 40.5 Å². The van der Waals surface area contributed by atoms with Crippen LogP contribution in [0, 0.1) is 0 Å². The molecule has 2 fully saturated rings. The molecule has 0 aliphatic carbocycles. The molecule has 2 heterocycles. The van der Waals surface area contributed by atoms with Gasteiger partial charge < -0.3 is 64.2 Å². The molecule has 2 rings (SSSR count). The van der Waals surface area contributed by atoms with Crippen molar-refractivity contribution in [3.05, 3.63) is 24.3 Å². The molecule has 0 amide bonds. The van der Waals surface area contributed by atoms with Gasteiger partial charge in [0.2, 0.25) is 0 Å². The smallest absolute Gasteiger partial charge is 0.306 e. The van der Waals surface area contributed by atoms with E-state index in [0.29, 0.717) is 13.0 Å². The molecule has 2 aliphatic rings. The van der Waals surface area contributed by atoms with Gasteiger partial charge in [-0.25, -0.2) is 0 Å². The number of carbonyl (C=O) groups excluding carboxylic acids is 1. The van der Waals surface area contributed by atoms with E-state index in [1.165, 1.54) is 167 Å². The summed E-state index contributed by atoms with van der Waals surface area (Å²) >= 11 is 0. The molecular weight excluding hydrogens is 933 g/mol. The fourth-order valence-electron chi connectivity index (χ4n) is 9.61. The number of ether oxygens (including phenoxy) is 6. The van der Waals surface area contributed by atoms with Gasteiger partial charge in [-0.2, -0.15) is 0 Å². The SMILES string of the molecule is CCCCC/C=C\C/C=C\CCCCCCCCCCCC(=O)OC(COCCCCCCCCCCCCCCCCCCCCCC)COC1OC(COC2OC(CO)C(O)C(O)C2O)C(O)C(O)C1O. The number of allylic oxidation sites excluding steroid dienone is 4. The molecule has 14 heteroatoms. The van der Waals surface area contributed by atoms with E-state index in [4.69, 9.17) is 28.4 Å². The van der Waals surface area contributed by atoms with Gasteiger partial charge in [-0.15, -0.1) is 0 Å². The lowest BCUT2D eigenvalue weighted by Gasteiger charge is -2.42. The van der Waals surface area contributed by atoms with Gasteiger partial charge in [-0.3, -0.25) is 4.79 Å². The average Bonchev–Trinajstić information content (AvgIpc) is 3.39.